The largest absolute Gasteiger partial charge is 0.383 e. The second kappa shape index (κ2) is 7.16. The molecule has 0 aliphatic heterocycles. The Morgan fingerprint density at radius 2 is 2.35 bits per heavy atom. The lowest BCUT2D eigenvalue weighted by molar-refractivity contribution is 0.161. The Morgan fingerprint density at radius 1 is 1.50 bits per heavy atom. The third-order valence-corrected chi connectivity index (χ3v) is 2.99. The van der Waals surface area contributed by atoms with Gasteiger partial charge in [-0.05, 0) is 13.0 Å². The molecule has 2 aromatic heterocycles. The molecule has 0 saturated heterocycles. The van der Waals surface area contributed by atoms with Crippen LogP contribution in [0.5, 0.6) is 0 Å². The van der Waals surface area contributed by atoms with E-state index in [9.17, 15) is 0 Å². The van der Waals surface area contributed by atoms with E-state index in [1.807, 2.05) is 11.6 Å². The second-order valence-corrected chi connectivity index (χ2v) is 4.71. The topological polar surface area (TPSA) is 78.0 Å². The van der Waals surface area contributed by atoms with E-state index in [0.717, 1.165) is 18.7 Å². The molecular weight excluding hydrogens is 258 g/mol. The number of ether oxygens (including phenoxy) is 1. The third-order valence-electron chi connectivity index (χ3n) is 2.99. The van der Waals surface area contributed by atoms with Gasteiger partial charge in [-0.2, -0.15) is 4.98 Å². The second-order valence-electron chi connectivity index (χ2n) is 4.71. The van der Waals surface area contributed by atoms with Crippen LogP contribution in [0.4, 0.5) is 0 Å². The van der Waals surface area contributed by atoms with Crippen molar-refractivity contribution in [1.82, 2.24) is 25.0 Å². The molecule has 0 aromatic carbocycles. The van der Waals surface area contributed by atoms with Crippen molar-refractivity contribution in [2.75, 3.05) is 20.3 Å². The van der Waals surface area contributed by atoms with Gasteiger partial charge in [-0.1, -0.05) is 12.1 Å². The molecule has 0 saturated carbocycles. The highest BCUT2D eigenvalue weighted by Gasteiger charge is 2.16. The van der Waals surface area contributed by atoms with E-state index < -0.39 is 0 Å². The van der Waals surface area contributed by atoms with Crippen molar-refractivity contribution < 1.29 is 9.26 Å². The molecule has 2 aromatic rings. The van der Waals surface area contributed by atoms with Crippen LogP contribution in [0.15, 0.2) is 17.0 Å². The Balaban J connectivity index is 2.02. The van der Waals surface area contributed by atoms with Crippen molar-refractivity contribution in [2.24, 2.45) is 7.05 Å². The van der Waals surface area contributed by atoms with Crippen LogP contribution in [0, 0.1) is 0 Å². The Morgan fingerprint density at radius 3 is 3.00 bits per heavy atom. The van der Waals surface area contributed by atoms with Gasteiger partial charge in [0.1, 0.15) is 5.69 Å². The first kappa shape index (κ1) is 14.7. The van der Waals surface area contributed by atoms with Gasteiger partial charge < -0.3 is 19.1 Å². The standard InChI is InChI=1S/C13H21N5O2/c1-4-5-15-10(8-19-3)6-12-16-13(17-20-12)11-7-14-9-18(11)2/h7,9-10,15H,4-6,8H2,1-3H3. The fourth-order valence-electron chi connectivity index (χ4n) is 1.96. The molecule has 2 rings (SSSR count). The molecule has 0 aliphatic carbocycles. The summed E-state index contributed by atoms with van der Waals surface area (Å²) in [6.45, 7) is 3.68. The molecule has 0 aliphatic rings. The quantitative estimate of drug-likeness (QED) is 0.777. The molecule has 0 spiro atoms. The lowest BCUT2D eigenvalue weighted by Gasteiger charge is -2.15. The molecule has 7 nitrogen and oxygen atoms in total. The average Bonchev–Trinajstić information content (AvgIpc) is 3.05. The Hall–Kier alpha value is -1.73. The zero-order valence-electron chi connectivity index (χ0n) is 12.2. The predicted octanol–water partition coefficient (Wildman–Crippen LogP) is 1.03. The molecule has 1 atom stereocenters. The Kier molecular flexibility index (Phi) is 5.25. The van der Waals surface area contributed by atoms with Gasteiger partial charge in [0.05, 0.1) is 19.1 Å². The van der Waals surface area contributed by atoms with E-state index in [1.165, 1.54) is 0 Å². The number of hydrogen-bond donors (Lipinski definition) is 1. The summed E-state index contributed by atoms with van der Waals surface area (Å²) >= 11 is 0. The van der Waals surface area contributed by atoms with Gasteiger partial charge in [-0.25, -0.2) is 4.98 Å². The van der Waals surface area contributed by atoms with Gasteiger partial charge in [-0.3, -0.25) is 0 Å². The number of hydrogen-bond acceptors (Lipinski definition) is 6. The zero-order chi connectivity index (χ0) is 14.4. The number of aryl methyl sites for hydroxylation is 1. The SMILES string of the molecule is CCCNC(COC)Cc1nc(-c2cncn2C)no1. The molecule has 0 radical (unpaired) electrons. The van der Waals surface area contributed by atoms with Gasteiger partial charge >= 0.3 is 0 Å². The summed E-state index contributed by atoms with van der Waals surface area (Å²) in [4.78, 5) is 8.46. The van der Waals surface area contributed by atoms with Crippen LogP contribution in [0.3, 0.4) is 0 Å². The number of nitrogens with one attached hydrogen (secondary N) is 1. The lowest BCUT2D eigenvalue weighted by atomic mass is 10.2. The van der Waals surface area contributed by atoms with Crippen LogP contribution in [0.2, 0.25) is 0 Å². The van der Waals surface area contributed by atoms with Crippen LogP contribution in [0.25, 0.3) is 11.5 Å². The van der Waals surface area contributed by atoms with E-state index in [4.69, 9.17) is 9.26 Å². The first-order valence-electron chi connectivity index (χ1n) is 6.76. The number of rotatable bonds is 8. The lowest BCUT2D eigenvalue weighted by Crippen LogP contribution is -2.35. The highest BCUT2D eigenvalue weighted by molar-refractivity contribution is 5.46. The minimum absolute atomic E-state index is 0.180. The van der Waals surface area contributed by atoms with E-state index in [-0.39, 0.29) is 6.04 Å². The summed E-state index contributed by atoms with van der Waals surface area (Å²) in [5.41, 5.74) is 0.838. The smallest absolute Gasteiger partial charge is 0.228 e. The molecule has 0 fully saturated rings. The van der Waals surface area contributed by atoms with E-state index >= 15 is 0 Å². The fraction of sp³-hybridized carbons (Fsp3) is 0.615. The maximum atomic E-state index is 5.30. The third kappa shape index (κ3) is 3.64. The molecule has 1 unspecified atom stereocenters. The van der Waals surface area contributed by atoms with Crippen LogP contribution in [-0.2, 0) is 18.2 Å². The molecule has 0 bridgehead atoms. The van der Waals surface area contributed by atoms with Gasteiger partial charge in [-0.15, -0.1) is 0 Å². The van der Waals surface area contributed by atoms with Crippen LogP contribution in [-0.4, -0.2) is 46.0 Å². The van der Waals surface area contributed by atoms with Crippen molar-refractivity contribution in [2.45, 2.75) is 25.8 Å². The first-order valence-corrected chi connectivity index (χ1v) is 6.76. The molecule has 2 heterocycles. The minimum Gasteiger partial charge on any atom is -0.383 e. The molecule has 1 N–H and O–H groups in total. The van der Waals surface area contributed by atoms with Crippen molar-refractivity contribution in [3.8, 4) is 11.5 Å². The normalized spacial score (nSPS) is 12.8. The summed E-state index contributed by atoms with van der Waals surface area (Å²) in [5, 5.41) is 7.40. The fourth-order valence-corrected chi connectivity index (χ4v) is 1.96. The van der Waals surface area contributed by atoms with Crippen molar-refractivity contribution in [3.63, 3.8) is 0 Å². The van der Waals surface area contributed by atoms with Gasteiger partial charge in [0.2, 0.25) is 11.7 Å². The molecular formula is C13H21N5O2. The summed E-state index contributed by atoms with van der Waals surface area (Å²) in [6, 6.07) is 0.180. The Labute approximate surface area is 118 Å². The average molecular weight is 279 g/mol. The van der Waals surface area contributed by atoms with Crippen molar-refractivity contribution in [1.29, 1.82) is 0 Å². The number of methoxy groups -OCH3 is 1. The van der Waals surface area contributed by atoms with Crippen LogP contribution in [0.1, 0.15) is 19.2 Å². The summed E-state index contributed by atoms with van der Waals surface area (Å²) in [7, 11) is 3.59. The monoisotopic (exact) mass is 279 g/mol. The molecule has 7 heteroatoms. The highest BCUT2D eigenvalue weighted by atomic mass is 16.5. The minimum atomic E-state index is 0.180. The van der Waals surface area contributed by atoms with Crippen LogP contribution >= 0.6 is 0 Å². The summed E-state index contributed by atoms with van der Waals surface area (Å²) < 4.78 is 12.4. The number of aromatic nitrogens is 4. The molecule has 110 valence electrons. The van der Waals surface area contributed by atoms with E-state index in [1.54, 1.807) is 19.6 Å². The predicted molar refractivity (Wildman–Crippen MR) is 74.2 cm³/mol. The molecule has 20 heavy (non-hydrogen) atoms. The maximum absolute atomic E-state index is 5.30. The summed E-state index contributed by atoms with van der Waals surface area (Å²) in [6.07, 6.45) is 5.15. The van der Waals surface area contributed by atoms with Gasteiger partial charge in [0.15, 0.2) is 0 Å². The maximum Gasteiger partial charge on any atom is 0.228 e. The van der Waals surface area contributed by atoms with E-state index in [0.29, 0.717) is 24.7 Å². The van der Waals surface area contributed by atoms with Gasteiger partial charge in [0, 0.05) is 26.6 Å². The van der Waals surface area contributed by atoms with Crippen molar-refractivity contribution >= 4 is 0 Å². The van der Waals surface area contributed by atoms with Crippen LogP contribution < -0.4 is 5.32 Å². The Bertz CT molecular complexity index is 522. The zero-order valence-corrected chi connectivity index (χ0v) is 12.2. The summed E-state index contributed by atoms with van der Waals surface area (Å²) in [5.74, 6) is 1.17. The van der Waals surface area contributed by atoms with Crippen molar-refractivity contribution in [3.05, 3.63) is 18.4 Å². The highest BCUT2D eigenvalue weighted by Crippen LogP contribution is 2.14. The molecule has 0 amide bonds. The van der Waals surface area contributed by atoms with E-state index in [2.05, 4.69) is 27.4 Å². The number of imidazole rings is 1. The number of nitrogens with zero attached hydrogens (tertiary/aromatic N) is 4. The van der Waals surface area contributed by atoms with Gasteiger partial charge in [0.25, 0.3) is 0 Å². The first-order chi connectivity index (χ1) is 9.74.